The van der Waals surface area contributed by atoms with E-state index in [-0.39, 0.29) is 29.7 Å². The van der Waals surface area contributed by atoms with E-state index in [4.69, 9.17) is 9.84 Å². The number of hydrogen-bond acceptors (Lipinski definition) is 4. The third-order valence-electron chi connectivity index (χ3n) is 6.08. The smallest absolute Gasteiger partial charge is 0.267 e. The second kappa shape index (κ2) is 7.91. The number of carbonyl (C=O) groups is 1. The molecule has 0 radical (unpaired) electrons. The number of carbonyl (C=O) groups excluding carboxylic acids is 1. The number of ether oxygens (including phenoxy) is 1. The second-order valence-corrected chi connectivity index (χ2v) is 8.02. The Kier molecular flexibility index (Phi) is 5.38. The Morgan fingerprint density at radius 1 is 1.15 bits per heavy atom. The predicted octanol–water partition coefficient (Wildman–Crippen LogP) is 2.29. The van der Waals surface area contributed by atoms with Crippen molar-refractivity contribution < 1.29 is 9.53 Å². The van der Waals surface area contributed by atoms with Crippen molar-refractivity contribution in [3.8, 4) is 0 Å². The highest BCUT2D eigenvalue weighted by atomic mass is 16.5. The number of aromatic nitrogens is 2. The Morgan fingerprint density at radius 3 is 2.73 bits per heavy atom. The van der Waals surface area contributed by atoms with Crippen LogP contribution in [0, 0.1) is 0 Å². The topological polar surface area (TPSA) is 73.2 Å². The van der Waals surface area contributed by atoms with Crippen LogP contribution in [0.2, 0.25) is 0 Å². The minimum atomic E-state index is 0.0384. The summed E-state index contributed by atoms with van der Waals surface area (Å²) in [5.41, 5.74) is 2.30. The number of amides is 1. The largest absolute Gasteiger partial charge is 0.378 e. The summed E-state index contributed by atoms with van der Waals surface area (Å²) in [7, 11) is 0. The van der Waals surface area contributed by atoms with E-state index in [9.17, 15) is 9.59 Å². The van der Waals surface area contributed by atoms with Gasteiger partial charge in [-0.3, -0.25) is 9.59 Å². The molecule has 1 saturated carbocycles. The van der Waals surface area contributed by atoms with E-state index in [1.54, 1.807) is 10.7 Å². The molecular weight excluding hydrogens is 330 g/mol. The van der Waals surface area contributed by atoms with Crippen LogP contribution >= 0.6 is 0 Å². The average molecular weight is 359 g/mol. The summed E-state index contributed by atoms with van der Waals surface area (Å²) in [6.07, 6.45) is 10.6. The van der Waals surface area contributed by atoms with Crippen LogP contribution in [-0.4, -0.2) is 34.4 Å². The van der Waals surface area contributed by atoms with Crippen molar-refractivity contribution in [2.45, 2.75) is 88.8 Å². The van der Waals surface area contributed by atoms with Crippen molar-refractivity contribution in [3.05, 3.63) is 27.7 Å². The van der Waals surface area contributed by atoms with Gasteiger partial charge in [0.25, 0.3) is 5.56 Å². The fraction of sp³-hybridized carbons (Fsp3) is 0.750. The summed E-state index contributed by atoms with van der Waals surface area (Å²) in [5, 5.41) is 7.85. The van der Waals surface area contributed by atoms with Gasteiger partial charge in [-0.05, 0) is 69.8 Å². The van der Waals surface area contributed by atoms with Crippen molar-refractivity contribution in [1.82, 2.24) is 15.1 Å². The maximum atomic E-state index is 12.5. The Balaban J connectivity index is 1.32. The van der Waals surface area contributed by atoms with Crippen LogP contribution in [0.4, 0.5) is 0 Å². The highest BCUT2D eigenvalue weighted by Crippen LogP contribution is 2.28. The first-order chi connectivity index (χ1) is 12.7. The van der Waals surface area contributed by atoms with E-state index in [2.05, 4.69) is 5.32 Å². The fourth-order valence-corrected chi connectivity index (χ4v) is 4.60. The summed E-state index contributed by atoms with van der Waals surface area (Å²) in [6, 6.07) is 2.19. The Hall–Kier alpha value is -1.69. The SMILES string of the molecule is O=C(CC1CCCO1)NC1CCC(n2nc3c(cc2=O)CCCC3)CC1. The van der Waals surface area contributed by atoms with Crippen LogP contribution in [-0.2, 0) is 22.4 Å². The molecule has 1 aromatic rings. The quantitative estimate of drug-likeness (QED) is 0.895. The third kappa shape index (κ3) is 4.00. The zero-order valence-corrected chi connectivity index (χ0v) is 15.4. The molecule has 1 aromatic heterocycles. The van der Waals surface area contributed by atoms with Gasteiger partial charge in [0.05, 0.1) is 24.3 Å². The Morgan fingerprint density at radius 2 is 1.96 bits per heavy atom. The zero-order chi connectivity index (χ0) is 17.9. The maximum Gasteiger partial charge on any atom is 0.267 e. The Labute approximate surface area is 154 Å². The number of aryl methyl sites for hydroxylation is 2. The lowest BCUT2D eigenvalue weighted by molar-refractivity contribution is -0.124. The number of rotatable bonds is 4. The molecule has 1 atom stereocenters. The van der Waals surface area contributed by atoms with Crippen LogP contribution in [0.3, 0.4) is 0 Å². The normalized spacial score (nSPS) is 28.5. The van der Waals surface area contributed by atoms with E-state index >= 15 is 0 Å². The lowest BCUT2D eigenvalue weighted by atomic mass is 9.90. The van der Waals surface area contributed by atoms with Gasteiger partial charge in [0.2, 0.25) is 5.91 Å². The number of nitrogens with zero attached hydrogens (tertiary/aromatic N) is 2. The van der Waals surface area contributed by atoms with Crippen LogP contribution < -0.4 is 10.9 Å². The van der Waals surface area contributed by atoms with Gasteiger partial charge in [0.15, 0.2) is 0 Å². The van der Waals surface area contributed by atoms with Crippen molar-refractivity contribution in [2.75, 3.05) is 6.61 Å². The van der Waals surface area contributed by atoms with E-state index < -0.39 is 0 Å². The van der Waals surface area contributed by atoms with Crippen LogP contribution in [0.1, 0.15) is 75.1 Å². The molecule has 6 nitrogen and oxygen atoms in total. The van der Waals surface area contributed by atoms with Gasteiger partial charge in [0, 0.05) is 18.7 Å². The van der Waals surface area contributed by atoms with Crippen molar-refractivity contribution in [3.63, 3.8) is 0 Å². The molecule has 0 spiro atoms. The minimum absolute atomic E-state index is 0.0384. The van der Waals surface area contributed by atoms with Gasteiger partial charge in [0.1, 0.15) is 0 Å². The molecule has 2 fully saturated rings. The lowest BCUT2D eigenvalue weighted by Gasteiger charge is -2.30. The highest BCUT2D eigenvalue weighted by Gasteiger charge is 2.27. The molecular formula is C20H29N3O3. The summed E-state index contributed by atoms with van der Waals surface area (Å²) >= 11 is 0. The fourth-order valence-electron chi connectivity index (χ4n) is 4.60. The molecule has 1 unspecified atom stereocenters. The van der Waals surface area contributed by atoms with Crippen molar-refractivity contribution in [1.29, 1.82) is 0 Å². The summed E-state index contributed by atoms with van der Waals surface area (Å²) in [4.78, 5) is 24.6. The standard InChI is InChI=1S/C20H29N3O3/c24-19(13-17-5-3-11-26-17)21-15-7-9-16(10-8-15)23-20(25)12-14-4-1-2-6-18(14)22-23/h12,15-17H,1-11,13H2,(H,21,24). The molecule has 1 N–H and O–H groups in total. The molecule has 3 aliphatic rings. The average Bonchev–Trinajstić information content (AvgIpc) is 3.15. The number of hydrogen-bond donors (Lipinski definition) is 1. The van der Waals surface area contributed by atoms with Crippen LogP contribution in [0.25, 0.3) is 0 Å². The first-order valence-corrected chi connectivity index (χ1v) is 10.2. The van der Waals surface area contributed by atoms with Gasteiger partial charge in [-0.2, -0.15) is 5.10 Å². The molecule has 0 bridgehead atoms. The molecule has 6 heteroatoms. The lowest BCUT2D eigenvalue weighted by Crippen LogP contribution is -2.40. The zero-order valence-electron chi connectivity index (χ0n) is 15.4. The van der Waals surface area contributed by atoms with Crippen molar-refractivity contribution in [2.24, 2.45) is 0 Å². The maximum absolute atomic E-state index is 12.5. The molecule has 26 heavy (non-hydrogen) atoms. The van der Waals surface area contributed by atoms with Crippen molar-refractivity contribution >= 4 is 5.91 Å². The number of fused-ring (bicyclic) bond motifs is 1. The van der Waals surface area contributed by atoms with Crippen LogP contribution in [0.5, 0.6) is 0 Å². The van der Waals surface area contributed by atoms with Gasteiger partial charge >= 0.3 is 0 Å². The van der Waals surface area contributed by atoms with Gasteiger partial charge in [-0.15, -0.1) is 0 Å². The van der Waals surface area contributed by atoms with E-state index in [1.165, 1.54) is 6.42 Å². The van der Waals surface area contributed by atoms with Gasteiger partial charge in [-0.25, -0.2) is 4.68 Å². The molecule has 1 amide bonds. The molecule has 1 aliphatic heterocycles. The monoisotopic (exact) mass is 359 g/mol. The number of nitrogens with one attached hydrogen (secondary N) is 1. The molecule has 4 rings (SSSR count). The van der Waals surface area contributed by atoms with E-state index in [0.29, 0.717) is 6.42 Å². The summed E-state index contributed by atoms with van der Waals surface area (Å²) in [6.45, 7) is 0.783. The van der Waals surface area contributed by atoms with Gasteiger partial charge in [-0.1, -0.05) is 0 Å². The second-order valence-electron chi connectivity index (χ2n) is 8.02. The third-order valence-corrected chi connectivity index (χ3v) is 6.08. The summed E-state index contributed by atoms with van der Waals surface area (Å²) in [5.74, 6) is 0.101. The molecule has 2 aliphatic carbocycles. The molecule has 0 aromatic carbocycles. The first kappa shape index (κ1) is 17.7. The first-order valence-electron chi connectivity index (χ1n) is 10.2. The van der Waals surface area contributed by atoms with Gasteiger partial charge < -0.3 is 10.1 Å². The predicted molar refractivity (Wildman–Crippen MR) is 98.2 cm³/mol. The molecule has 2 heterocycles. The van der Waals surface area contributed by atoms with Crippen LogP contribution in [0.15, 0.2) is 10.9 Å². The summed E-state index contributed by atoms with van der Waals surface area (Å²) < 4.78 is 7.26. The molecule has 142 valence electrons. The Bertz CT molecular complexity index is 701. The minimum Gasteiger partial charge on any atom is -0.378 e. The highest BCUT2D eigenvalue weighted by molar-refractivity contribution is 5.76. The van der Waals surface area contributed by atoms with E-state index in [1.807, 2.05) is 0 Å². The molecule has 1 saturated heterocycles. The van der Waals surface area contributed by atoms with E-state index in [0.717, 1.165) is 75.7 Å².